The minimum atomic E-state index is -0.210. The van der Waals surface area contributed by atoms with Crippen LogP contribution in [0.15, 0.2) is 36.8 Å². The van der Waals surface area contributed by atoms with Crippen LogP contribution in [-0.2, 0) is 10.2 Å². The first kappa shape index (κ1) is 29.1. The van der Waals surface area contributed by atoms with Gasteiger partial charge in [-0.1, -0.05) is 54.5 Å². The molecule has 3 aromatic heterocycles. The van der Waals surface area contributed by atoms with Gasteiger partial charge in [0, 0.05) is 48.9 Å². The van der Waals surface area contributed by atoms with Gasteiger partial charge < -0.3 is 9.80 Å². The Labute approximate surface area is 237 Å². The van der Waals surface area contributed by atoms with Crippen LogP contribution in [-0.4, -0.2) is 67.3 Å². The molecule has 0 saturated heterocycles. The van der Waals surface area contributed by atoms with E-state index in [9.17, 15) is 4.79 Å². The molecule has 4 aromatic rings. The van der Waals surface area contributed by atoms with Crippen molar-refractivity contribution in [3.63, 3.8) is 0 Å². The number of fused-ring (bicyclic) bond motifs is 1. The maximum Gasteiger partial charge on any atom is 0.242 e. The van der Waals surface area contributed by atoms with E-state index >= 15 is 0 Å². The second-order valence-corrected chi connectivity index (χ2v) is 12.5. The molecule has 0 fully saturated rings. The number of carbonyl (C=O) groups excluding carboxylic acids is 1. The van der Waals surface area contributed by atoms with E-state index in [4.69, 9.17) is 5.10 Å². The summed E-state index contributed by atoms with van der Waals surface area (Å²) in [5.74, 6) is 1.59. The Kier molecular flexibility index (Phi) is 8.51. The number of hydrogen-bond donors (Lipinski definition) is 0. The molecule has 0 N–H and O–H groups in total. The number of amides is 1. The smallest absolute Gasteiger partial charge is 0.242 e. The number of benzene rings is 1. The summed E-state index contributed by atoms with van der Waals surface area (Å²) in [5.41, 5.74) is 5.21. The quantitative estimate of drug-likeness (QED) is 0.311. The first-order valence-electron chi connectivity index (χ1n) is 14.0. The van der Waals surface area contributed by atoms with Crippen molar-refractivity contribution in [2.24, 2.45) is 11.8 Å². The Morgan fingerprint density at radius 2 is 1.75 bits per heavy atom. The highest BCUT2D eigenvalue weighted by molar-refractivity contribution is 5.81. The average Bonchev–Trinajstić information content (AvgIpc) is 3.45. The van der Waals surface area contributed by atoms with Crippen molar-refractivity contribution < 1.29 is 4.79 Å². The molecule has 0 aliphatic carbocycles. The zero-order valence-corrected chi connectivity index (χ0v) is 25.3. The molecule has 0 aliphatic rings. The van der Waals surface area contributed by atoms with Crippen LogP contribution in [0.25, 0.3) is 23.2 Å². The molecule has 0 spiro atoms. The van der Waals surface area contributed by atoms with Gasteiger partial charge in [-0.2, -0.15) is 9.61 Å². The molecule has 0 bridgehead atoms. The largest absolute Gasteiger partial charge is 0.365 e. The number of nitrogens with zero attached hydrogens (tertiary/aromatic N) is 8. The Morgan fingerprint density at radius 3 is 2.33 bits per heavy atom. The van der Waals surface area contributed by atoms with Crippen molar-refractivity contribution in [2.75, 3.05) is 31.6 Å². The SMILES string of the molecule is Cc1cc(N(C)CC(=O)N(CC(C)C)CC(C)C)ccc1/C=c1/c(C(C)(C)C)nn2c(-c3cnccn3)nnc12. The topological polar surface area (TPSA) is 92.4 Å². The molecule has 0 unspecified atom stereocenters. The maximum atomic E-state index is 13.2. The van der Waals surface area contributed by atoms with Crippen LogP contribution >= 0.6 is 0 Å². The Bertz CT molecular complexity index is 1510. The van der Waals surface area contributed by atoms with Crippen LogP contribution in [0.5, 0.6) is 0 Å². The lowest BCUT2D eigenvalue weighted by Crippen LogP contribution is -2.42. The maximum absolute atomic E-state index is 13.2. The summed E-state index contributed by atoms with van der Waals surface area (Å²) in [4.78, 5) is 25.8. The fourth-order valence-electron chi connectivity index (χ4n) is 4.83. The summed E-state index contributed by atoms with van der Waals surface area (Å²) < 4.78 is 1.76. The van der Waals surface area contributed by atoms with E-state index in [-0.39, 0.29) is 11.3 Å². The molecule has 0 atom stereocenters. The lowest BCUT2D eigenvalue weighted by molar-refractivity contribution is -0.130. The molecule has 0 saturated carbocycles. The number of anilines is 1. The summed E-state index contributed by atoms with van der Waals surface area (Å²) >= 11 is 0. The van der Waals surface area contributed by atoms with Crippen molar-refractivity contribution >= 4 is 23.3 Å². The monoisotopic (exact) mass is 542 g/mol. The first-order valence-corrected chi connectivity index (χ1v) is 14.0. The van der Waals surface area contributed by atoms with E-state index < -0.39 is 0 Å². The zero-order chi connectivity index (χ0) is 29.2. The Morgan fingerprint density at radius 1 is 1.05 bits per heavy atom. The van der Waals surface area contributed by atoms with E-state index in [2.05, 4.69) is 99.8 Å². The predicted octanol–water partition coefficient (Wildman–Crippen LogP) is 4.31. The summed E-state index contributed by atoms with van der Waals surface area (Å²) in [6.07, 6.45) is 7.07. The van der Waals surface area contributed by atoms with Crippen LogP contribution in [0.3, 0.4) is 0 Å². The van der Waals surface area contributed by atoms with Crippen LogP contribution in [0.2, 0.25) is 0 Å². The van der Waals surface area contributed by atoms with Gasteiger partial charge in [0.2, 0.25) is 11.7 Å². The van der Waals surface area contributed by atoms with Gasteiger partial charge in [0.1, 0.15) is 5.69 Å². The summed E-state index contributed by atoms with van der Waals surface area (Å²) in [5, 5.41) is 14.7. The van der Waals surface area contributed by atoms with Crippen molar-refractivity contribution in [1.29, 1.82) is 0 Å². The molecule has 0 radical (unpaired) electrons. The van der Waals surface area contributed by atoms with Gasteiger partial charge in [-0.15, -0.1) is 10.2 Å². The molecule has 212 valence electrons. The van der Waals surface area contributed by atoms with Gasteiger partial charge in [-0.05, 0) is 48.1 Å². The molecule has 1 aromatic carbocycles. The predicted molar refractivity (Wildman–Crippen MR) is 160 cm³/mol. The number of aromatic nitrogens is 6. The third-order valence-corrected chi connectivity index (χ3v) is 6.73. The summed E-state index contributed by atoms with van der Waals surface area (Å²) in [6.45, 7) is 19.0. The molecule has 0 aliphatic heterocycles. The number of rotatable bonds is 9. The second-order valence-electron chi connectivity index (χ2n) is 12.5. The van der Waals surface area contributed by atoms with Gasteiger partial charge >= 0.3 is 0 Å². The molecular formula is C31H42N8O. The Balaban J connectivity index is 1.67. The third kappa shape index (κ3) is 6.46. The van der Waals surface area contributed by atoms with E-state index in [0.717, 1.165) is 40.8 Å². The molecular weight excluding hydrogens is 500 g/mol. The van der Waals surface area contributed by atoms with Crippen molar-refractivity contribution in [3.8, 4) is 11.5 Å². The first-order chi connectivity index (χ1) is 18.8. The molecule has 9 heteroatoms. The normalized spacial score (nSPS) is 12.6. The fourth-order valence-corrected chi connectivity index (χ4v) is 4.83. The molecule has 9 nitrogen and oxygen atoms in total. The van der Waals surface area contributed by atoms with Gasteiger partial charge in [0.25, 0.3) is 0 Å². The number of carbonyl (C=O) groups is 1. The van der Waals surface area contributed by atoms with Gasteiger partial charge in [-0.3, -0.25) is 9.78 Å². The lowest BCUT2D eigenvalue weighted by Gasteiger charge is -2.29. The van der Waals surface area contributed by atoms with Gasteiger partial charge in [0.05, 0.1) is 18.4 Å². The summed E-state index contributed by atoms with van der Waals surface area (Å²) in [6, 6.07) is 6.30. The third-order valence-electron chi connectivity index (χ3n) is 6.73. The minimum absolute atomic E-state index is 0.156. The van der Waals surface area contributed by atoms with Crippen molar-refractivity contribution in [2.45, 2.75) is 60.8 Å². The standard InChI is InChI=1S/C31H42N8O/c1-20(2)17-38(18-21(3)4)27(40)19-37(9)24-11-10-23(22(5)14-24)15-25-28(31(6,7)8)36-39-29(25)34-35-30(39)26-16-32-12-13-33-26/h10-16,20-21H,17-19H2,1-9H3/b25-15-. The van der Waals surface area contributed by atoms with Crippen molar-refractivity contribution in [1.82, 2.24) is 34.7 Å². The van der Waals surface area contributed by atoms with Gasteiger partial charge in [-0.25, -0.2) is 4.98 Å². The van der Waals surface area contributed by atoms with E-state index in [0.29, 0.717) is 35.5 Å². The number of aryl methyl sites for hydroxylation is 1. The van der Waals surface area contributed by atoms with Crippen LogP contribution in [0.4, 0.5) is 5.69 Å². The molecule has 4 rings (SSSR count). The Hall–Kier alpha value is -3.88. The highest BCUT2D eigenvalue weighted by atomic mass is 16.2. The highest BCUT2D eigenvalue weighted by Crippen LogP contribution is 2.23. The van der Waals surface area contributed by atoms with E-state index in [1.54, 1.807) is 23.1 Å². The summed E-state index contributed by atoms with van der Waals surface area (Å²) in [7, 11) is 1.98. The molecule has 3 heterocycles. The number of likely N-dealkylation sites (N-methyl/N-ethyl adjacent to an activating group) is 1. The van der Waals surface area contributed by atoms with Crippen molar-refractivity contribution in [3.05, 3.63) is 58.8 Å². The zero-order valence-electron chi connectivity index (χ0n) is 25.3. The number of hydrogen-bond acceptors (Lipinski definition) is 7. The highest BCUT2D eigenvalue weighted by Gasteiger charge is 2.25. The van der Waals surface area contributed by atoms with Gasteiger partial charge in [0.15, 0.2) is 5.65 Å². The second kappa shape index (κ2) is 11.7. The average molecular weight is 543 g/mol. The molecule has 40 heavy (non-hydrogen) atoms. The molecule has 1 amide bonds. The van der Waals surface area contributed by atoms with Crippen LogP contribution in [0.1, 0.15) is 65.3 Å². The van der Waals surface area contributed by atoms with Crippen LogP contribution < -0.4 is 10.1 Å². The fraction of sp³-hybridized carbons (Fsp3) is 0.484. The van der Waals surface area contributed by atoms with E-state index in [1.807, 2.05) is 16.8 Å². The van der Waals surface area contributed by atoms with E-state index in [1.165, 1.54) is 0 Å². The minimum Gasteiger partial charge on any atom is -0.365 e. The lowest BCUT2D eigenvalue weighted by atomic mass is 9.90. The van der Waals surface area contributed by atoms with Crippen LogP contribution in [0, 0.1) is 18.8 Å².